The first kappa shape index (κ1) is 6.91. The van der Waals surface area contributed by atoms with E-state index in [1.165, 1.54) is 0 Å². The molecule has 0 saturated heterocycles. The van der Waals surface area contributed by atoms with Crippen LogP contribution in [0.3, 0.4) is 0 Å². The summed E-state index contributed by atoms with van der Waals surface area (Å²) in [5, 5.41) is 10.4. The first-order valence-corrected chi connectivity index (χ1v) is 3.48. The fraction of sp³-hybridized carbons (Fsp3) is 0. The maximum absolute atomic E-state index is 10.4. The van der Waals surface area contributed by atoms with Crippen LogP contribution in [0.15, 0.2) is 28.7 Å². The molecule has 2 rings (SSSR count). The van der Waals surface area contributed by atoms with Crippen molar-refractivity contribution in [2.45, 2.75) is 0 Å². The summed E-state index contributed by atoms with van der Waals surface area (Å²) in [5.74, 6) is -0.0317. The molecule has 1 aromatic heterocycles. The first-order chi connectivity index (χ1) is 5.83. The quantitative estimate of drug-likeness (QED) is 0.652. The molecule has 0 aliphatic rings. The van der Waals surface area contributed by atoms with Crippen LogP contribution >= 0.6 is 0 Å². The van der Waals surface area contributed by atoms with Crippen LogP contribution in [0, 0.1) is 0 Å². The Morgan fingerprint density at radius 3 is 2.58 bits per heavy atom. The molecule has 0 aliphatic carbocycles. The molecule has 2 aromatic rings. The molecule has 60 valence electrons. The second-order valence-corrected chi connectivity index (χ2v) is 2.43. The normalized spacial score (nSPS) is 10.3. The van der Waals surface area contributed by atoms with E-state index in [4.69, 9.17) is 4.42 Å². The molecule has 0 aliphatic heterocycles. The van der Waals surface area contributed by atoms with Crippen molar-refractivity contribution < 1.29 is 14.3 Å². The van der Waals surface area contributed by atoms with Crippen LogP contribution in [0.4, 0.5) is 0 Å². The summed E-state index contributed by atoms with van der Waals surface area (Å²) < 4.78 is 4.80. The predicted octanol–water partition coefficient (Wildman–Crippen LogP) is 1.95. The van der Waals surface area contributed by atoms with E-state index in [1.54, 1.807) is 24.3 Å². The Labute approximate surface area is 68.2 Å². The number of aldehydes is 1. The highest BCUT2D eigenvalue weighted by atomic mass is 16.5. The molecule has 0 atom stereocenters. The minimum atomic E-state index is -0.201. The van der Waals surface area contributed by atoms with Crippen molar-refractivity contribution in [3.63, 3.8) is 0 Å². The van der Waals surface area contributed by atoms with Crippen LogP contribution in [0.5, 0.6) is 5.95 Å². The molecule has 0 amide bonds. The number of carbonyl (C=O) groups excluding carboxylic acids is 1. The van der Waals surface area contributed by atoms with Gasteiger partial charge in [0.2, 0.25) is 0 Å². The van der Waals surface area contributed by atoms with Crippen LogP contribution in [0.2, 0.25) is 0 Å². The van der Waals surface area contributed by atoms with E-state index in [9.17, 15) is 9.90 Å². The summed E-state index contributed by atoms with van der Waals surface area (Å²) in [5.41, 5.74) is 0. The molecule has 1 N–H and O–H groups in total. The van der Waals surface area contributed by atoms with E-state index >= 15 is 0 Å². The maximum Gasteiger partial charge on any atom is 0.290 e. The standard InChI is InChI=1S/C9H6O3/c10-5-8-6-3-1-2-4-7(6)9(11)12-8/h1-5,11H. The summed E-state index contributed by atoms with van der Waals surface area (Å²) in [6, 6.07) is 6.97. The van der Waals surface area contributed by atoms with Crippen molar-refractivity contribution in [2.24, 2.45) is 0 Å². The first-order valence-electron chi connectivity index (χ1n) is 3.48. The smallest absolute Gasteiger partial charge is 0.290 e. The molecular formula is C9H6O3. The second kappa shape index (κ2) is 2.37. The van der Waals surface area contributed by atoms with Crippen LogP contribution in [-0.4, -0.2) is 11.4 Å². The van der Waals surface area contributed by atoms with E-state index in [-0.39, 0.29) is 11.7 Å². The van der Waals surface area contributed by atoms with E-state index in [1.807, 2.05) is 0 Å². The van der Waals surface area contributed by atoms with Crippen LogP contribution in [0.1, 0.15) is 10.6 Å². The van der Waals surface area contributed by atoms with Gasteiger partial charge in [-0.3, -0.25) is 4.79 Å². The largest absolute Gasteiger partial charge is 0.480 e. The van der Waals surface area contributed by atoms with Crippen LogP contribution in [-0.2, 0) is 0 Å². The molecule has 1 heterocycles. The molecule has 3 heteroatoms. The van der Waals surface area contributed by atoms with Gasteiger partial charge in [-0.15, -0.1) is 0 Å². The Morgan fingerprint density at radius 2 is 1.92 bits per heavy atom. The number of hydrogen-bond donors (Lipinski definition) is 1. The van der Waals surface area contributed by atoms with Crippen molar-refractivity contribution >= 4 is 17.1 Å². The number of aromatic hydroxyl groups is 1. The van der Waals surface area contributed by atoms with Crippen LogP contribution in [0.25, 0.3) is 10.8 Å². The topological polar surface area (TPSA) is 50.4 Å². The van der Waals surface area contributed by atoms with Gasteiger partial charge in [-0.05, 0) is 6.07 Å². The van der Waals surface area contributed by atoms with E-state index < -0.39 is 0 Å². The number of carbonyl (C=O) groups is 1. The fourth-order valence-electron chi connectivity index (χ4n) is 1.19. The number of furan rings is 1. The van der Waals surface area contributed by atoms with Crippen LogP contribution < -0.4 is 0 Å². The number of hydrogen-bond acceptors (Lipinski definition) is 3. The van der Waals surface area contributed by atoms with Crippen molar-refractivity contribution in [2.75, 3.05) is 0 Å². The van der Waals surface area contributed by atoms with Crippen molar-refractivity contribution in [1.82, 2.24) is 0 Å². The molecule has 1 aromatic carbocycles. The lowest BCUT2D eigenvalue weighted by Gasteiger charge is -1.84. The zero-order valence-corrected chi connectivity index (χ0v) is 6.15. The summed E-state index contributed by atoms with van der Waals surface area (Å²) in [4.78, 5) is 10.4. The molecule has 0 saturated carbocycles. The molecule has 0 spiro atoms. The lowest BCUT2D eigenvalue weighted by atomic mass is 10.2. The Morgan fingerprint density at radius 1 is 1.25 bits per heavy atom. The zero-order chi connectivity index (χ0) is 8.55. The van der Waals surface area contributed by atoms with E-state index in [0.717, 1.165) is 0 Å². The minimum absolute atomic E-state index is 0.170. The third-order valence-electron chi connectivity index (χ3n) is 1.74. The van der Waals surface area contributed by atoms with Crippen molar-refractivity contribution in [1.29, 1.82) is 0 Å². The summed E-state index contributed by atoms with van der Waals surface area (Å²) >= 11 is 0. The lowest BCUT2D eigenvalue weighted by Crippen LogP contribution is -1.72. The van der Waals surface area contributed by atoms with Gasteiger partial charge in [-0.1, -0.05) is 18.2 Å². The Balaban J connectivity index is 2.91. The Kier molecular flexibility index (Phi) is 1.37. The predicted molar refractivity (Wildman–Crippen MR) is 43.3 cm³/mol. The van der Waals surface area contributed by atoms with Gasteiger partial charge >= 0.3 is 0 Å². The molecule has 0 unspecified atom stereocenters. The highest BCUT2D eigenvalue weighted by Crippen LogP contribution is 2.29. The number of fused-ring (bicyclic) bond motifs is 1. The molecule has 0 radical (unpaired) electrons. The second-order valence-electron chi connectivity index (χ2n) is 2.43. The molecule has 0 fully saturated rings. The molecule has 12 heavy (non-hydrogen) atoms. The van der Waals surface area contributed by atoms with Crippen molar-refractivity contribution in [3.05, 3.63) is 30.0 Å². The highest BCUT2D eigenvalue weighted by Gasteiger charge is 2.09. The Hall–Kier alpha value is -1.77. The molecule has 3 nitrogen and oxygen atoms in total. The average molecular weight is 162 g/mol. The molecular weight excluding hydrogens is 156 g/mol. The monoisotopic (exact) mass is 162 g/mol. The third-order valence-corrected chi connectivity index (χ3v) is 1.74. The van der Waals surface area contributed by atoms with Gasteiger partial charge in [-0.2, -0.15) is 0 Å². The number of rotatable bonds is 1. The van der Waals surface area contributed by atoms with Gasteiger partial charge in [0.15, 0.2) is 12.0 Å². The van der Waals surface area contributed by atoms with Gasteiger partial charge in [0.1, 0.15) is 0 Å². The SMILES string of the molecule is O=Cc1oc(O)c2ccccc12. The minimum Gasteiger partial charge on any atom is -0.480 e. The van der Waals surface area contributed by atoms with Gasteiger partial charge in [0.05, 0.1) is 5.39 Å². The molecule has 0 bridgehead atoms. The van der Waals surface area contributed by atoms with Gasteiger partial charge in [0, 0.05) is 5.39 Å². The van der Waals surface area contributed by atoms with E-state index in [0.29, 0.717) is 17.1 Å². The van der Waals surface area contributed by atoms with E-state index in [2.05, 4.69) is 0 Å². The third kappa shape index (κ3) is 0.797. The van der Waals surface area contributed by atoms with Gasteiger partial charge in [0.25, 0.3) is 5.95 Å². The zero-order valence-electron chi connectivity index (χ0n) is 6.15. The summed E-state index contributed by atoms with van der Waals surface area (Å²) in [6.45, 7) is 0. The summed E-state index contributed by atoms with van der Waals surface area (Å²) in [7, 11) is 0. The fourth-order valence-corrected chi connectivity index (χ4v) is 1.19. The Bertz CT molecular complexity index is 428. The highest BCUT2D eigenvalue weighted by molar-refractivity contribution is 5.98. The summed E-state index contributed by atoms with van der Waals surface area (Å²) in [6.07, 6.45) is 0.585. The number of benzene rings is 1. The average Bonchev–Trinajstić information content (AvgIpc) is 2.44. The van der Waals surface area contributed by atoms with Gasteiger partial charge < -0.3 is 9.52 Å². The van der Waals surface area contributed by atoms with Gasteiger partial charge in [-0.25, -0.2) is 0 Å². The lowest BCUT2D eigenvalue weighted by molar-refractivity contribution is 0.109. The maximum atomic E-state index is 10.4. The van der Waals surface area contributed by atoms with Crippen molar-refractivity contribution in [3.8, 4) is 5.95 Å².